The first-order valence-electron chi connectivity index (χ1n) is 7.87. The molecule has 0 spiro atoms. The summed E-state index contributed by atoms with van der Waals surface area (Å²) in [6.07, 6.45) is 5.03. The van der Waals surface area contributed by atoms with Crippen molar-refractivity contribution in [1.82, 2.24) is 9.88 Å². The number of thiazole rings is 1. The minimum Gasteiger partial charge on any atom is -0.370 e. The molecule has 0 saturated carbocycles. The van der Waals surface area contributed by atoms with Gasteiger partial charge < -0.3 is 10.6 Å². The van der Waals surface area contributed by atoms with E-state index in [0.717, 1.165) is 29.4 Å². The Hall–Kier alpha value is -1.15. The average Bonchev–Trinajstić information content (AvgIpc) is 2.87. The van der Waals surface area contributed by atoms with Crippen molar-refractivity contribution < 1.29 is 0 Å². The number of halogens is 1. The predicted molar refractivity (Wildman–Crippen MR) is 108 cm³/mol. The molecule has 1 aliphatic heterocycles. The van der Waals surface area contributed by atoms with Gasteiger partial charge in [0.05, 0.1) is 12.2 Å². The van der Waals surface area contributed by atoms with Gasteiger partial charge in [-0.05, 0) is 12.8 Å². The minimum atomic E-state index is 0. The number of guanidine groups is 1. The molecule has 1 aliphatic rings. The fourth-order valence-electron chi connectivity index (χ4n) is 2.67. The molecule has 2 N–H and O–H groups in total. The van der Waals surface area contributed by atoms with Gasteiger partial charge in [-0.3, -0.25) is 0 Å². The number of benzene rings is 1. The van der Waals surface area contributed by atoms with Crippen molar-refractivity contribution in [2.45, 2.75) is 32.2 Å². The van der Waals surface area contributed by atoms with Crippen LogP contribution in [0.4, 0.5) is 0 Å². The van der Waals surface area contributed by atoms with Crippen LogP contribution >= 0.6 is 35.3 Å². The Balaban J connectivity index is 0.00000192. The second-order valence-corrected chi connectivity index (χ2v) is 6.51. The summed E-state index contributed by atoms with van der Waals surface area (Å²) in [5.74, 6) is 0.665. The third kappa shape index (κ3) is 5.17. The second-order valence-electron chi connectivity index (χ2n) is 5.57. The number of nitrogens with two attached hydrogens (primary N) is 1. The molecule has 23 heavy (non-hydrogen) atoms. The Morgan fingerprint density at radius 3 is 2.52 bits per heavy atom. The fraction of sp³-hybridized carbons (Fsp3) is 0.412. The van der Waals surface area contributed by atoms with Crippen molar-refractivity contribution in [1.29, 1.82) is 0 Å². The molecular weight excluding hydrogens is 419 g/mol. The molecule has 0 aliphatic carbocycles. The Morgan fingerprint density at radius 2 is 1.83 bits per heavy atom. The molecule has 2 heterocycles. The summed E-state index contributed by atoms with van der Waals surface area (Å²) in [6.45, 7) is 2.63. The van der Waals surface area contributed by atoms with Gasteiger partial charge in [0, 0.05) is 24.0 Å². The van der Waals surface area contributed by atoms with Crippen LogP contribution in [0.3, 0.4) is 0 Å². The fourth-order valence-corrected chi connectivity index (χ4v) is 3.40. The number of likely N-dealkylation sites (tertiary alicyclic amines) is 1. The summed E-state index contributed by atoms with van der Waals surface area (Å²) in [5, 5.41) is 3.10. The van der Waals surface area contributed by atoms with Gasteiger partial charge in [-0.15, -0.1) is 35.3 Å². The van der Waals surface area contributed by atoms with Crippen molar-refractivity contribution in [3.05, 3.63) is 40.7 Å². The van der Waals surface area contributed by atoms with E-state index in [4.69, 9.17) is 5.73 Å². The molecule has 0 atom stereocenters. The third-order valence-electron chi connectivity index (χ3n) is 3.93. The van der Waals surface area contributed by atoms with Crippen LogP contribution in [0, 0.1) is 0 Å². The average molecular weight is 442 g/mol. The van der Waals surface area contributed by atoms with Crippen LogP contribution < -0.4 is 5.73 Å². The standard InChI is InChI=1S/C17H22N4S.HI/c18-17(21-10-6-1-2-7-11-21)19-12-16-20-15(13-22-16)14-8-4-3-5-9-14;/h3-5,8-9,13H,1-2,6-7,10-12H2,(H2,18,19);1H. The van der Waals surface area contributed by atoms with E-state index in [0.29, 0.717) is 12.5 Å². The van der Waals surface area contributed by atoms with Gasteiger partial charge in [-0.25, -0.2) is 9.98 Å². The van der Waals surface area contributed by atoms with Gasteiger partial charge in [0.2, 0.25) is 0 Å². The van der Waals surface area contributed by atoms with Crippen molar-refractivity contribution in [3.63, 3.8) is 0 Å². The van der Waals surface area contributed by atoms with E-state index in [1.54, 1.807) is 11.3 Å². The number of rotatable bonds is 3. The molecule has 0 bridgehead atoms. The van der Waals surface area contributed by atoms with E-state index < -0.39 is 0 Å². The lowest BCUT2D eigenvalue weighted by molar-refractivity contribution is 0.428. The Kier molecular flexibility index (Phi) is 7.29. The SMILES string of the molecule is I.NC(=NCc1nc(-c2ccccc2)cs1)N1CCCCCC1. The van der Waals surface area contributed by atoms with Gasteiger partial charge in [-0.1, -0.05) is 43.2 Å². The van der Waals surface area contributed by atoms with Crippen LogP contribution in [0.15, 0.2) is 40.7 Å². The van der Waals surface area contributed by atoms with Crippen LogP contribution in [-0.2, 0) is 6.54 Å². The van der Waals surface area contributed by atoms with Crippen molar-refractivity contribution in [3.8, 4) is 11.3 Å². The first-order valence-corrected chi connectivity index (χ1v) is 8.75. The van der Waals surface area contributed by atoms with Crippen molar-refractivity contribution in [2.75, 3.05) is 13.1 Å². The highest BCUT2D eigenvalue weighted by Crippen LogP contribution is 2.22. The summed E-state index contributed by atoms with van der Waals surface area (Å²) in [6, 6.07) is 10.2. The van der Waals surface area contributed by atoms with Crippen molar-refractivity contribution in [2.24, 2.45) is 10.7 Å². The first kappa shape index (κ1) is 18.2. The molecule has 124 valence electrons. The van der Waals surface area contributed by atoms with Gasteiger partial charge in [0.15, 0.2) is 5.96 Å². The van der Waals surface area contributed by atoms with Crippen LogP contribution in [-0.4, -0.2) is 28.9 Å². The van der Waals surface area contributed by atoms with Crippen LogP contribution in [0.1, 0.15) is 30.7 Å². The quantitative estimate of drug-likeness (QED) is 0.442. The summed E-state index contributed by atoms with van der Waals surface area (Å²) in [4.78, 5) is 11.4. The molecule has 1 aromatic heterocycles. The number of nitrogens with zero attached hydrogens (tertiary/aromatic N) is 3. The van der Waals surface area contributed by atoms with E-state index in [9.17, 15) is 0 Å². The molecular formula is C17H23IN4S. The number of aliphatic imine (C=N–C) groups is 1. The lowest BCUT2D eigenvalue weighted by Crippen LogP contribution is -2.38. The maximum atomic E-state index is 6.14. The molecule has 1 aromatic carbocycles. The Bertz CT molecular complexity index is 619. The monoisotopic (exact) mass is 442 g/mol. The Morgan fingerprint density at radius 1 is 1.13 bits per heavy atom. The van der Waals surface area contributed by atoms with Crippen LogP contribution in [0.25, 0.3) is 11.3 Å². The summed E-state index contributed by atoms with van der Waals surface area (Å²) in [5.41, 5.74) is 8.30. The highest BCUT2D eigenvalue weighted by atomic mass is 127. The Labute approximate surface area is 158 Å². The van der Waals surface area contributed by atoms with Crippen LogP contribution in [0.5, 0.6) is 0 Å². The molecule has 2 aromatic rings. The summed E-state index contributed by atoms with van der Waals surface area (Å²) < 4.78 is 0. The molecule has 6 heteroatoms. The smallest absolute Gasteiger partial charge is 0.191 e. The van der Waals surface area contributed by atoms with E-state index in [1.807, 2.05) is 18.2 Å². The lowest BCUT2D eigenvalue weighted by atomic mass is 10.2. The molecule has 0 unspecified atom stereocenters. The molecule has 3 rings (SSSR count). The zero-order chi connectivity index (χ0) is 15.2. The summed E-state index contributed by atoms with van der Waals surface area (Å²) >= 11 is 1.64. The largest absolute Gasteiger partial charge is 0.370 e. The zero-order valence-electron chi connectivity index (χ0n) is 13.1. The lowest BCUT2D eigenvalue weighted by Gasteiger charge is -2.20. The highest BCUT2D eigenvalue weighted by molar-refractivity contribution is 14.0. The third-order valence-corrected chi connectivity index (χ3v) is 4.76. The minimum absolute atomic E-state index is 0. The molecule has 0 amide bonds. The van der Waals surface area contributed by atoms with Crippen LogP contribution in [0.2, 0.25) is 0 Å². The van der Waals surface area contributed by atoms with E-state index in [1.165, 1.54) is 25.7 Å². The molecule has 4 nitrogen and oxygen atoms in total. The van der Waals surface area contributed by atoms with Gasteiger partial charge in [-0.2, -0.15) is 0 Å². The first-order chi connectivity index (χ1) is 10.8. The topological polar surface area (TPSA) is 54.5 Å². The van der Waals surface area contributed by atoms with Gasteiger partial charge in [0.1, 0.15) is 5.01 Å². The predicted octanol–water partition coefficient (Wildman–Crippen LogP) is 4.12. The zero-order valence-corrected chi connectivity index (χ0v) is 16.3. The van der Waals surface area contributed by atoms with E-state index in [-0.39, 0.29) is 24.0 Å². The highest BCUT2D eigenvalue weighted by Gasteiger charge is 2.11. The summed E-state index contributed by atoms with van der Waals surface area (Å²) in [7, 11) is 0. The number of hydrogen-bond donors (Lipinski definition) is 1. The number of hydrogen-bond acceptors (Lipinski definition) is 3. The number of aromatic nitrogens is 1. The van der Waals surface area contributed by atoms with E-state index >= 15 is 0 Å². The van der Waals surface area contributed by atoms with Gasteiger partial charge >= 0.3 is 0 Å². The maximum absolute atomic E-state index is 6.14. The second kappa shape index (κ2) is 9.22. The van der Waals surface area contributed by atoms with Gasteiger partial charge in [0.25, 0.3) is 0 Å². The van der Waals surface area contributed by atoms with Crippen molar-refractivity contribution >= 4 is 41.3 Å². The normalized spacial score (nSPS) is 15.8. The molecule has 1 fully saturated rings. The molecule has 1 saturated heterocycles. The maximum Gasteiger partial charge on any atom is 0.191 e. The van der Waals surface area contributed by atoms with E-state index in [2.05, 4.69) is 32.4 Å². The molecule has 0 radical (unpaired) electrons.